The highest BCUT2D eigenvalue weighted by atomic mass is 16.6. The van der Waals surface area contributed by atoms with Gasteiger partial charge in [0, 0.05) is 12.1 Å². The number of hydrogen-bond donors (Lipinski definition) is 1. The van der Waals surface area contributed by atoms with Crippen LogP contribution in [0.1, 0.15) is 28.8 Å². The molecule has 5 nitrogen and oxygen atoms in total. The number of benzene rings is 2. The van der Waals surface area contributed by atoms with Crippen molar-refractivity contribution in [2.45, 2.75) is 25.5 Å². The maximum absolute atomic E-state index is 12.4. The Morgan fingerprint density at radius 2 is 1.77 bits per heavy atom. The third-order valence-corrected chi connectivity index (χ3v) is 4.88. The van der Waals surface area contributed by atoms with Gasteiger partial charge in [-0.2, -0.15) is 0 Å². The molecule has 2 aliphatic rings. The Balaban J connectivity index is 1.28. The summed E-state index contributed by atoms with van der Waals surface area (Å²) in [6.45, 7) is 4.17. The molecule has 2 aromatic carbocycles. The first-order valence-electron chi connectivity index (χ1n) is 9.26. The van der Waals surface area contributed by atoms with Gasteiger partial charge in [0.1, 0.15) is 12.7 Å². The number of fused-ring (bicyclic) bond motifs is 1. The number of hydrogen-bond acceptors (Lipinski definition) is 4. The Bertz CT molecular complexity index is 754. The number of nitrogens with one attached hydrogen (secondary N) is 1. The van der Waals surface area contributed by atoms with Crippen molar-refractivity contribution in [2.24, 2.45) is 0 Å². The molecule has 1 saturated heterocycles. The summed E-state index contributed by atoms with van der Waals surface area (Å²) in [6.07, 6.45) is 2.40. The molecule has 0 spiro atoms. The second kappa shape index (κ2) is 7.79. The molecule has 0 aliphatic carbocycles. The lowest BCUT2D eigenvalue weighted by molar-refractivity contribution is 0.0789. The number of amides is 1. The maximum Gasteiger partial charge on any atom is 0.251 e. The van der Waals surface area contributed by atoms with Crippen LogP contribution in [-0.4, -0.2) is 43.2 Å². The van der Waals surface area contributed by atoms with Crippen LogP contribution in [0.25, 0.3) is 0 Å². The SMILES string of the molecule is O=C(NCC1COc2ccccc2O1)c1ccc(CN2CCCC2)cc1. The minimum absolute atomic E-state index is 0.0832. The van der Waals surface area contributed by atoms with E-state index in [2.05, 4.69) is 10.2 Å². The summed E-state index contributed by atoms with van der Waals surface area (Å²) in [7, 11) is 0. The van der Waals surface area contributed by atoms with Gasteiger partial charge in [0.05, 0.1) is 6.54 Å². The molecule has 26 heavy (non-hydrogen) atoms. The van der Waals surface area contributed by atoms with E-state index in [0.29, 0.717) is 18.7 Å². The van der Waals surface area contributed by atoms with Gasteiger partial charge in [-0.15, -0.1) is 0 Å². The molecular formula is C21H24N2O3. The van der Waals surface area contributed by atoms with Crippen LogP contribution < -0.4 is 14.8 Å². The largest absolute Gasteiger partial charge is 0.486 e. The molecule has 4 rings (SSSR count). The number of ether oxygens (including phenoxy) is 2. The van der Waals surface area contributed by atoms with Crippen molar-refractivity contribution in [3.8, 4) is 11.5 Å². The van der Waals surface area contributed by atoms with E-state index in [0.717, 1.165) is 18.0 Å². The van der Waals surface area contributed by atoms with Crippen LogP contribution in [0.15, 0.2) is 48.5 Å². The second-order valence-electron chi connectivity index (χ2n) is 6.89. The summed E-state index contributed by atoms with van der Waals surface area (Å²) in [5, 5.41) is 2.94. The molecule has 1 N–H and O–H groups in total. The highest BCUT2D eigenvalue weighted by Gasteiger charge is 2.21. The van der Waals surface area contributed by atoms with E-state index in [1.807, 2.05) is 48.5 Å². The van der Waals surface area contributed by atoms with E-state index in [4.69, 9.17) is 9.47 Å². The van der Waals surface area contributed by atoms with Crippen LogP contribution in [-0.2, 0) is 6.54 Å². The minimum atomic E-state index is -0.178. The van der Waals surface area contributed by atoms with Gasteiger partial charge in [0.15, 0.2) is 11.5 Å². The van der Waals surface area contributed by atoms with Crippen molar-refractivity contribution < 1.29 is 14.3 Å². The lowest BCUT2D eigenvalue weighted by atomic mass is 10.1. The summed E-state index contributed by atoms with van der Waals surface area (Å²) in [4.78, 5) is 14.8. The summed E-state index contributed by atoms with van der Waals surface area (Å²) in [5.74, 6) is 1.40. The number of nitrogens with zero attached hydrogens (tertiary/aromatic N) is 1. The Morgan fingerprint density at radius 1 is 1.04 bits per heavy atom. The zero-order valence-corrected chi connectivity index (χ0v) is 14.8. The molecule has 2 heterocycles. The lowest BCUT2D eigenvalue weighted by Crippen LogP contribution is -2.40. The second-order valence-corrected chi connectivity index (χ2v) is 6.89. The summed E-state index contributed by atoms with van der Waals surface area (Å²) in [6, 6.07) is 15.5. The molecule has 1 atom stereocenters. The standard InChI is InChI=1S/C21H24N2O3/c24-21(17-9-7-16(8-10-17)14-23-11-3-4-12-23)22-13-18-15-25-19-5-1-2-6-20(19)26-18/h1-2,5-10,18H,3-4,11-15H2,(H,22,24). The fourth-order valence-corrected chi connectivity index (χ4v) is 3.43. The van der Waals surface area contributed by atoms with Gasteiger partial charge in [-0.3, -0.25) is 9.69 Å². The summed E-state index contributed by atoms with van der Waals surface area (Å²) < 4.78 is 11.5. The van der Waals surface area contributed by atoms with Crippen molar-refractivity contribution in [3.63, 3.8) is 0 Å². The average molecular weight is 352 g/mol. The van der Waals surface area contributed by atoms with Gasteiger partial charge < -0.3 is 14.8 Å². The van der Waals surface area contributed by atoms with Gasteiger partial charge in [0.2, 0.25) is 0 Å². The van der Waals surface area contributed by atoms with Crippen molar-refractivity contribution in [1.29, 1.82) is 0 Å². The van der Waals surface area contributed by atoms with Crippen LogP contribution >= 0.6 is 0 Å². The van der Waals surface area contributed by atoms with E-state index in [-0.39, 0.29) is 12.0 Å². The number of carbonyl (C=O) groups is 1. The molecule has 0 radical (unpaired) electrons. The maximum atomic E-state index is 12.4. The Morgan fingerprint density at radius 3 is 2.54 bits per heavy atom. The smallest absolute Gasteiger partial charge is 0.251 e. The van der Waals surface area contributed by atoms with Crippen LogP contribution in [0.4, 0.5) is 0 Å². The zero-order valence-electron chi connectivity index (χ0n) is 14.8. The molecule has 1 unspecified atom stereocenters. The highest BCUT2D eigenvalue weighted by Crippen LogP contribution is 2.30. The van der Waals surface area contributed by atoms with Crippen LogP contribution in [0.3, 0.4) is 0 Å². The third-order valence-electron chi connectivity index (χ3n) is 4.88. The first-order chi connectivity index (χ1) is 12.8. The van der Waals surface area contributed by atoms with E-state index in [1.54, 1.807) is 0 Å². The van der Waals surface area contributed by atoms with E-state index >= 15 is 0 Å². The van der Waals surface area contributed by atoms with E-state index < -0.39 is 0 Å². The van der Waals surface area contributed by atoms with Gasteiger partial charge in [-0.25, -0.2) is 0 Å². The Kier molecular flexibility index (Phi) is 5.07. The summed E-state index contributed by atoms with van der Waals surface area (Å²) >= 11 is 0. The fraction of sp³-hybridized carbons (Fsp3) is 0.381. The highest BCUT2D eigenvalue weighted by molar-refractivity contribution is 5.94. The number of likely N-dealkylation sites (tertiary alicyclic amines) is 1. The number of carbonyl (C=O) groups excluding carboxylic acids is 1. The number of para-hydroxylation sites is 2. The number of rotatable bonds is 5. The molecule has 0 bridgehead atoms. The lowest BCUT2D eigenvalue weighted by Gasteiger charge is -2.26. The molecule has 136 valence electrons. The van der Waals surface area contributed by atoms with E-state index in [9.17, 15) is 4.79 Å². The van der Waals surface area contributed by atoms with Gasteiger partial charge >= 0.3 is 0 Å². The molecule has 5 heteroatoms. The van der Waals surface area contributed by atoms with Gasteiger partial charge in [0.25, 0.3) is 5.91 Å². The van der Waals surface area contributed by atoms with Crippen molar-refractivity contribution >= 4 is 5.91 Å². The van der Waals surface area contributed by atoms with Crippen molar-refractivity contribution in [2.75, 3.05) is 26.2 Å². The van der Waals surface area contributed by atoms with E-state index in [1.165, 1.54) is 31.5 Å². The molecule has 1 fully saturated rings. The molecule has 0 saturated carbocycles. The quantitative estimate of drug-likeness (QED) is 0.899. The van der Waals surface area contributed by atoms with Crippen LogP contribution in [0, 0.1) is 0 Å². The molecule has 2 aromatic rings. The first kappa shape index (κ1) is 16.9. The normalized spacial score (nSPS) is 19.3. The predicted octanol–water partition coefficient (Wildman–Crippen LogP) is 2.85. The van der Waals surface area contributed by atoms with Crippen molar-refractivity contribution in [3.05, 3.63) is 59.7 Å². The monoisotopic (exact) mass is 352 g/mol. The molecule has 0 aromatic heterocycles. The van der Waals surface area contributed by atoms with Crippen molar-refractivity contribution in [1.82, 2.24) is 10.2 Å². The molecule has 2 aliphatic heterocycles. The predicted molar refractivity (Wildman–Crippen MR) is 99.6 cm³/mol. The third kappa shape index (κ3) is 3.99. The van der Waals surface area contributed by atoms with Crippen LogP contribution in [0.5, 0.6) is 11.5 Å². The zero-order chi connectivity index (χ0) is 17.8. The van der Waals surface area contributed by atoms with Gasteiger partial charge in [-0.1, -0.05) is 24.3 Å². The molecular weight excluding hydrogens is 328 g/mol. The summed E-state index contributed by atoms with van der Waals surface area (Å²) in [5.41, 5.74) is 1.93. The Labute approximate surface area is 153 Å². The molecule has 1 amide bonds. The topological polar surface area (TPSA) is 50.8 Å². The average Bonchev–Trinajstić information content (AvgIpc) is 3.19. The first-order valence-corrected chi connectivity index (χ1v) is 9.26. The minimum Gasteiger partial charge on any atom is -0.486 e. The van der Waals surface area contributed by atoms with Gasteiger partial charge in [-0.05, 0) is 55.8 Å². The fourth-order valence-electron chi connectivity index (χ4n) is 3.43. The Hall–Kier alpha value is -2.53. The van der Waals surface area contributed by atoms with Crippen LogP contribution in [0.2, 0.25) is 0 Å².